The van der Waals surface area contributed by atoms with Crippen LogP contribution in [0.5, 0.6) is 0 Å². The van der Waals surface area contributed by atoms with Gasteiger partial charge in [-0.2, -0.15) is 17.0 Å². The topological polar surface area (TPSA) is 35.8 Å². The van der Waals surface area contributed by atoms with Crippen LogP contribution in [0.15, 0.2) is 30.3 Å². The van der Waals surface area contributed by atoms with Crippen molar-refractivity contribution in [3.05, 3.63) is 35.9 Å². The third kappa shape index (κ3) is 3.76. The Bertz CT molecular complexity index is 366. The van der Waals surface area contributed by atoms with Crippen LogP contribution in [0.2, 0.25) is 0 Å². The van der Waals surface area contributed by atoms with Gasteiger partial charge in [-0.3, -0.25) is 0 Å². The minimum Gasteiger partial charge on any atom is -0.312 e. The molecule has 2 rings (SSSR count). The maximum atomic E-state index is 9.21. The second-order valence-corrected chi connectivity index (χ2v) is 5.61. The average Bonchev–Trinajstić information content (AvgIpc) is 2.42. The highest BCUT2D eigenvalue weighted by atomic mass is 32.2. The van der Waals surface area contributed by atoms with E-state index in [2.05, 4.69) is 11.4 Å². The first-order valence-corrected chi connectivity index (χ1v) is 7.31. The molecule has 17 heavy (non-hydrogen) atoms. The van der Waals surface area contributed by atoms with Crippen LogP contribution < -0.4 is 5.32 Å². The van der Waals surface area contributed by atoms with E-state index < -0.39 is 0 Å². The molecule has 0 bridgehead atoms. The number of nitrogens with zero attached hydrogens (tertiary/aromatic N) is 1. The summed E-state index contributed by atoms with van der Waals surface area (Å²) in [6.45, 7) is 0.774. The smallest absolute Gasteiger partial charge is 0.0837 e. The van der Waals surface area contributed by atoms with Crippen molar-refractivity contribution in [2.24, 2.45) is 0 Å². The van der Waals surface area contributed by atoms with Gasteiger partial charge in [-0.15, -0.1) is 0 Å². The number of hydrogen-bond donors (Lipinski definition) is 1. The molecule has 90 valence electrons. The second kappa shape index (κ2) is 6.68. The van der Waals surface area contributed by atoms with Crippen LogP contribution in [0.3, 0.4) is 0 Å². The van der Waals surface area contributed by atoms with E-state index in [1.165, 1.54) is 24.3 Å². The highest BCUT2D eigenvalue weighted by Gasteiger charge is 2.16. The van der Waals surface area contributed by atoms with Gasteiger partial charge in [-0.1, -0.05) is 30.3 Å². The predicted molar refractivity (Wildman–Crippen MR) is 73.1 cm³/mol. The lowest BCUT2D eigenvalue weighted by Crippen LogP contribution is -2.35. The fraction of sp³-hybridized carbons (Fsp3) is 0.500. The molecule has 1 N–H and O–H groups in total. The van der Waals surface area contributed by atoms with Crippen LogP contribution in [0.25, 0.3) is 0 Å². The van der Waals surface area contributed by atoms with Crippen molar-refractivity contribution < 1.29 is 0 Å². The summed E-state index contributed by atoms with van der Waals surface area (Å²) < 4.78 is 0. The molecule has 0 amide bonds. The zero-order chi connectivity index (χ0) is 11.9. The van der Waals surface area contributed by atoms with Crippen molar-refractivity contribution in [1.82, 2.24) is 5.32 Å². The first kappa shape index (κ1) is 12.5. The van der Waals surface area contributed by atoms with Gasteiger partial charge in [0.1, 0.15) is 0 Å². The Balaban J connectivity index is 1.86. The summed E-state index contributed by atoms with van der Waals surface area (Å²) in [4.78, 5) is 0. The van der Waals surface area contributed by atoms with Crippen LogP contribution >= 0.6 is 11.8 Å². The van der Waals surface area contributed by atoms with E-state index in [0.29, 0.717) is 6.04 Å². The van der Waals surface area contributed by atoms with Crippen LogP contribution in [-0.4, -0.2) is 24.1 Å². The minimum absolute atomic E-state index is 0.0224. The van der Waals surface area contributed by atoms with Crippen molar-refractivity contribution >= 4 is 11.8 Å². The van der Waals surface area contributed by atoms with Gasteiger partial charge in [0.2, 0.25) is 0 Å². The molecule has 1 saturated heterocycles. The van der Waals surface area contributed by atoms with Gasteiger partial charge in [-0.25, -0.2) is 0 Å². The quantitative estimate of drug-likeness (QED) is 0.887. The molecule has 1 aliphatic rings. The molecular weight excluding hydrogens is 228 g/mol. The van der Waals surface area contributed by atoms with Crippen molar-refractivity contribution in [1.29, 1.82) is 5.26 Å². The lowest BCUT2D eigenvalue weighted by molar-refractivity contribution is 0.476. The first-order valence-electron chi connectivity index (χ1n) is 6.16. The molecule has 0 aliphatic carbocycles. The number of rotatable bonds is 4. The molecule has 1 aliphatic heterocycles. The number of nitrogens with one attached hydrogen (secondary N) is 1. The molecule has 1 unspecified atom stereocenters. The second-order valence-electron chi connectivity index (χ2n) is 4.39. The molecule has 0 saturated carbocycles. The first-order chi connectivity index (χ1) is 8.40. The molecular formula is C14H18N2S. The SMILES string of the molecule is N#CC(CNC1CCSCC1)c1ccccc1. The van der Waals surface area contributed by atoms with Crippen molar-refractivity contribution in [2.45, 2.75) is 24.8 Å². The molecule has 1 aromatic carbocycles. The van der Waals surface area contributed by atoms with Gasteiger partial charge in [0.25, 0.3) is 0 Å². The van der Waals surface area contributed by atoms with Crippen LogP contribution in [-0.2, 0) is 0 Å². The van der Waals surface area contributed by atoms with Gasteiger partial charge in [0.15, 0.2) is 0 Å². The van der Waals surface area contributed by atoms with Crippen LogP contribution in [0, 0.1) is 11.3 Å². The summed E-state index contributed by atoms with van der Waals surface area (Å²) in [6, 6.07) is 13.0. The van der Waals surface area contributed by atoms with Gasteiger partial charge in [0, 0.05) is 12.6 Å². The standard InChI is InChI=1S/C14H18N2S/c15-10-13(12-4-2-1-3-5-12)11-16-14-6-8-17-9-7-14/h1-5,13-14,16H,6-9,11H2. The molecule has 1 heterocycles. The predicted octanol–water partition coefficient (Wildman–Crippen LogP) is 2.78. The maximum absolute atomic E-state index is 9.21. The van der Waals surface area contributed by atoms with Gasteiger partial charge in [-0.05, 0) is 29.9 Å². The molecule has 0 aromatic heterocycles. The van der Waals surface area contributed by atoms with Crippen LogP contribution in [0.4, 0.5) is 0 Å². The molecule has 0 spiro atoms. The fourth-order valence-electron chi connectivity index (χ4n) is 2.11. The molecule has 1 aromatic rings. The lowest BCUT2D eigenvalue weighted by atomic mass is 10.00. The molecule has 3 heteroatoms. The third-order valence-electron chi connectivity index (χ3n) is 3.19. The normalized spacial score (nSPS) is 18.5. The lowest BCUT2D eigenvalue weighted by Gasteiger charge is -2.23. The average molecular weight is 246 g/mol. The zero-order valence-electron chi connectivity index (χ0n) is 9.93. The summed E-state index contributed by atoms with van der Waals surface area (Å²) >= 11 is 2.03. The van der Waals surface area contributed by atoms with E-state index in [4.69, 9.17) is 0 Å². The Morgan fingerprint density at radius 1 is 1.29 bits per heavy atom. The Hall–Kier alpha value is -0.980. The van der Waals surface area contributed by atoms with Crippen molar-refractivity contribution in [3.63, 3.8) is 0 Å². The summed E-state index contributed by atoms with van der Waals surface area (Å²) in [7, 11) is 0. The van der Waals surface area contributed by atoms with E-state index >= 15 is 0 Å². The summed E-state index contributed by atoms with van der Waals surface area (Å²) in [5, 5.41) is 12.8. The largest absolute Gasteiger partial charge is 0.312 e. The Morgan fingerprint density at radius 3 is 2.65 bits per heavy atom. The summed E-state index contributed by atoms with van der Waals surface area (Å²) in [6.07, 6.45) is 2.47. The number of hydrogen-bond acceptors (Lipinski definition) is 3. The minimum atomic E-state index is -0.0224. The van der Waals surface area contributed by atoms with E-state index in [-0.39, 0.29) is 5.92 Å². The Labute approximate surface area is 107 Å². The highest BCUT2D eigenvalue weighted by Crippen LogP contribution is 2.18. The van der Waals surface area contributed by atoms with Crippen molar-refractivity contribution in [3.8, 4) is 6.07 Å². The number of benzene rings is 1. The Morgan fingerprint density at radius 2 is 2.00 bits per heavy atom. The van der Waals surface area contributed by atoms with Crippen LogP contribution in [0.1, 0.15) is 24.3 Å². The fourth-order valence-corrected chi connectivity index (χ4v) is 3.22. The van der Waals surface area contributed by atoms with E-state index in [1.807, 2.05) is 42.1 Å². The molecule has 1 fully saturated rings. The highest BCUT2D eigenvalue weighted by molar-refractivity contribution is 7.99. The Kier molecular flexibility index (Phi) is 4.90. The van der Waals surface area contributed by atoms with Crippen molar-refractivity contribution in [2.75, 3.05) is 18.1 Å². The van der Waals surface area contributed by atoms with Gasteiger partial charge >= 0.3 is 0 Å². The maximum Gasteiger partial charge on any atom is 0.0837 e. The van der Waals surface area contributed by atoms with E-state index in [1.54, 1.807) is 0 Å². The summed E-state index contributed by atoms with van der Waals surface area (Å²) in [5.74, 6) is 2.48. The molecule has 0 radical (unpaired) electrons. The van der Waals surface area contributed by atoms with Gasteiger partial charge in [0.05, 0.1) is 12.0 Å². The van der Waals surface area contributed by atoms with E-state index in [9.17, 15) is 5.26 Å². The monoisotopic (exact) mass is 246 g/mol. The number of thioether (sulfide) groups is 1. The molecule has 2 nitrogen and oxygen atoms in total. The van der Waals surface area contributed by atoms with Gasteiger partial charge < -0.3 is 5.32 Å². The third-order valence-corrected chi connectivity index (χ3v) is 4.24. The zero-order valence-corrected chi connectivity index (χ0v) is 10.7. The van der Waals surface area contributed by atoms with E-state index in [0.717, 1.165) is 12.1 Å². The summed E-state index contributed by atoms with van der Waals surface area (Å²) in [5.41, 5.74) is 1.12. The molecule has 1 atom stereocenters. The number of nitriles is 1.